The zero-order chi connectivity index (χ0) is 19.2. The molecule has 27 heavy (non-hydrogen) atoms. The summed E-state index contributed by atoms with van der Waals surface area (Å²) in [5.74, 6) is 0.582. The second-order valence-corrected chi connectivity index (χ2v) is 6.46. The average molecular weight is 387 g/mol. The van der Waals surface area contributed by atoms with E-state index in [4.69, 9.17) is 10.5 Å². The molecule has 0 spiro atoms. The summed E-state index contributed by atoms with van der Waals surface area (Å²) in [6.45, 7) is 0.341. The molecule has 3 rings (SSSR count). The van der Waals surface area contributed by atoms with E-state index in [9.17, 15) is 9.18 Å². The van der Waals surface area contributed by atoms with E-state index in [0.717, 1.165) is 11.4 Å². The maximum atomic E-state index is 13.1. The number of halogens is 1. The predicted molar refractivity (Wildman–Crippen MR) is 102 cm³/mol. The zero-order valence-corrected chi connectivity index (χ0v) is 15.4. The number of para-hydroxylation sites is 2. The Kier molecular flexibility index (Phi) is 5.92. The molecule has 0 radical (unpaired) electrons. The third kappa shape index (κ3) is 4.56. The lowest BCUT2D eigenvalue weighted by Crippen LogP contribution is -2.14. The van der Waals surface area contributed by atoms with Gasteiger partial charge in [-0.25, -0.2) is 4.39 Å². The molecule has 3 N–H and O–H groups in total. The van der Waals surface area contributed by atoms with Crippen LogP contribution in [0.15, 0.2) is 53.7 Å². The van der Waals surface area contributed by atoms with E-state index in [0.29, 0.717) is 23.3 Å². The van der Waals surface area contributed by atoms with Crippen molar-refractivity contribution in [1.29, 1.82) is 0 Å². The van der Waals surface area contributed by atoms with Crippen molar-refractivity contribution in [2.24, 2.45) is 5.73 Å². The number of nitrogens with one attached hydrogen (secondary N) is 1. The minimum atomic E-state index is -0.444. The normalized spacial score (nSPS) is 10.6. The van der Waals surface area contributed by atoms with Gasteiger partial charge in [0.15, 0.2) is 11.0 Å². The Labute approximate surface area is 159 Å². The van der Waals surface area contributed by atoms with Crippen LogP contribution in [-0.4, -0.2) is 33.5 Å². The number of carbonyl (C=O) groups is 1. The number of rotatable bonds is 8. The van der Waals surface area contributed by atoms with Crippen molar-refractivity contribution in [2.75, 3.05) is 18.2 Å². The molecule has 3 aromatic rings. The molecular weight excluding hydrogens is 369 g/mol. The van der Waals surface area contributed by atoms with Crippen LogP contribution in [-0.2, 0) is 11.3 Å². The number of ether oxygens (including phenoxy) is 1. The van der Waals surface area contributed by atoms with Crippen molar-refractivity contribution >= 4 is 23.4 Å². The Balaban J connectivity index is 1.93. The SMILES string of the molecule is COc1ccccc1-n1c(CNc2ccc(F)cc2)nnc1SCC(N)=O. The second-order valence-electron chi connectivity index (χ2n) is 5.52. The summed E-state index contributed by atoms with van der Waals surface area (Å²) < 4.78 is 20.3. The Bertz CT molecular complexity index is 930. The monoisotopic (exact) mass is 387 g/mol. The first-order valence-electron chi connectivity index (χ1n) is 8.06. The number of hydrogen-bond acceptors (Lipinski definition) is 6. The van der Waals surface area contributed by atoms with Crippen LogP contribution in [0.5, 0.6) is 5.75 Å². The van der Waals surface area contributed by atoms with Gasteiger partial charge in [-0.2, -0.15) is 0 Å². The average Bonchev–Trinajstić information content (AvgIpc) is 3.08. The van der Waals surface area contributed by atoms with Crippen molar-refractivity contribution in [3.05, 3.63) is 60.2 Å². The molecule has 0 aliphatic carbocycles. The van der Waals surface area contributed by atoms with E-state index in [1.54, 1.807) is 19.2 Å². The Morgan fingerprint density at radius 1 is 1.22 bits per heavy atom. The molecule has 0 bridgehead atoms. The first-order valence-corrected chi connectivity index (χ1v) is 9.05. The number of hydrogen-bond donors (Lipinski definition) is 2. The van der Waals surface area contributed by atoms with Gasteiger partial charge in [-0.1, -0.05) is 23.9 Å². The van der Waals surface area contributed by atoms with Crippen LogP contribution in [0.2, 0.25) is 0 Å². The van der Waals surface area contributed by atoms with E-state index in [1.807, 2.05) is 28.8 Å². The maximum absolute atomic E-state index is 13.1. The van der Waals surface area contributed by atoms with Gasteiger partial charge in [-0.15, -0.1) is 10.2 Å². The van der Waals surface area contributed by atoms with Gasteiger partial charge in [0, 0.05) is 5.69 Å². The lowest BCUT2D eigenvalue weighted by atomic mass is 10.3. The minimum absolute atomic E-state index is 0.0820. The number of benzene rings is 2. The quantitative estimate of drug-likeness (QED) is 0.577. The lowest BCUT2D eigenvalue weighted by molar-refractivity contribution is -0.115. The summed E-state index contributed by atoms with van der Waals surface area (Å²) in [5.41, 5.74) is 6.74. The minimum Gasteiger partial charge on any atom is -0.495 e. The molecule has 1 aromatic heterocycles. The third-order valence-electron chi connectivity index (χ3n) is 3.66. The zero-order valence-electron chi connectivity index (χ0n) is 14.6. The first kappa shape index (κ1) is 18.7. The van der Waals surface area contributed by atoms with Crippen molar-refractivity contribution in [3.63, 3.8) is 0 Å². The van der Waals surface area contributed by atoms with Crippen LogP contribution < -0.4 is 15.8 Å². The molecule has 0 aliphatic rings. The maximum Gasteiger partial charge on any atom is 0.227 e. The highest BCUT2D eigenvalue weighted by Gasteiger charge is 2.18. The highest BCUT2D eigenvalue weighted by molar-refractivity contribution is 7.99. The van der Waals surface area contributed by atoms with E-state index in [1.165, 1.54) is 23.9 Å². The predicted octanol–water partition coefficient (Wildman–Crippen LogP) is 2.60. The number of amides is 1. The highest BCUT2D eigenvalue weighted by Crippen LogP contribution is 2.28. The fraction of sp³-hybridized carbons (Fsp3) is 0.167. The van der Waals surface area contributed by atoms with Gasteiger partial charge < -0.3 is 15.8 Å². The molecule has 0 fully saturated rings. The van der Waals surface area contributed by atoms with Crippen LogP contribution in [0.1, 0.15) is 5.82 Å². The molecule has 9 heteroatoms. The van der Waals surface area contributed by atoms with Gasteiger partial charge in [0.2, 0.25) is 5.91 Å². The topological polar surface area (TPSA) is 95.1 Å². The summed E-state index contributed by atoms with van der Waals surface area (Å²) in [5, 5.41) is 12.1. The molecule has 0 saturated carbocycles. The van der Waals surface area contributed by atoms with Crippen LogP contribution in [0.4, 0.5) is 10.1 Å². The number of carbonyl (C=O) groups excluding carboxylic acids is 1. The molecular formula is C18H18FN5O2S. The van der Waals surface area contributed by atoms with Gasteiger partial charge in [0.25, 0.3) is 0 Å². The Hall–Kier alpha value is -3.07. The lowest BCUT2D eigenvalue weighted by Gasteiger charge is -2.14. The summed E-state index contributed by atoms with van der Waals surface area (Å²) in [6, 6.07) is 13.5. The molecule has 0 atom stereocenters. The highest BCUT2D eigenvalue weighted by atomic mass is 32.2. The Morgan fingerprint density at radius 2 is 1.96 bits per heavy atom. The number of nitrogens with two attached hydrogens (primary N) is 1. The van der Waals surface area contributed by atoms with Crippen LogP contribution >= 0.6 is 11.8 Å². The second kappa shape index (κ2) is 8.54. The van der Waals surface area contributed by atoms with Crippen molar-refractivity contribution in [1.82, 2.24) is 14.8 Å². The van der Waals surface area contributed by atoms with Gasteiger partial charge in [-0.3, -0.25) is 9.36 Å². The third-order valence-corrected chi connectivity index (χ3v) is 4.62. The number of nitrogens with zero attached hydrogens (tertiary/aromatic N) is 3. The van der Waals surface area contributed by atoms with Crippen LogP contribution in [0.3, 0.4) is 0 Å². The molecule has 0 unspecified atom stereocenters. The summed E-state index contributed by atoms with van der Waals surface area (Å²) in [7, 11) is 1.58. The van der Waals surface area contributed by atoms with Gasteiger partial charge >= 0.3 is 0 Å². The van der Waals surface area contributed by atoms with Gasteiger partial charge in [-0.05, 0) is 36.4 Å². The first-order chi connectivity index (χ1) is 13.1. The fourth-order valence-corrected chi connectivity index (χ4v) is 3.15. The van der Waals surface area contributed by atoms with Crippen LogP contribution in [0.25, 0.3) is 5.69 Å². The molecule has 0 saturated heterocycles. The number of methoxy groups -OCH3 is 1. The van der Waals surface area contributed by atoms with E-state index >= 15 is 0 Å². The van der Waals surface area contributed by atoms with Gasteiger partial charge in [0.05, 0.1) is 25.1 Å². The number of aromatic nitrogens is 3. The summed E-state index contributed by atoms with van der Waals surface area (Å²) >= 11 is 1.20. The Morgan fingerprint density at radius 3 is 2.67 bits per heavy atom. The van der Waals surface area contributed by atoms with Crippen molar-refractivity contribution in [2.45, 2.75) is 11.7 Å². The number of anilines is 1. The van der Waals surface area contributed by atoms with Crippen molar-refractivity contribution in [3.8, 4) is 11.4 Å². The summed E-state index contributed by atoms with van der Waals surface area (Å²) in [6.07, 6.45) is 0. The van der Waals surface area contributed by atoms with Crippen LogP contribution in [0, 0.1) is 5.82 Å². The standard InChI is InChI=1S/C18H18FN5O2S/c1-26-15-5-3-2-4-14(15)24-17(22-23-18(24)27-11-16(20)25)10-21-13-8-6-12(19)7-9-13/h2-9,21H,10-11H2,1H3,(H2,20,25). The van der Waals surface area contributed by atoms with Crippen molar-refractivity contribution < 1.29 is 13.9 Å². The molecule has 0 aliphatic heterocycles. The van der Waals surface area contributed by atoms with Gasteiger partial charge in [0.1, 0.15) is 11.6 Å². The smallest absolute Gasteiger partial charge is 0.227 e. The summed E-state index contributed by atoms with van der Waals surface area (Å²) in [4.78, 5) is 11.2. The van der Waals surface area contributed by atoms with E-state index in [-0.39, 0.29) is 11.6 Å². The molecule has 140 valence electrons. The fourth-order valence-electron chi connectivity index (χ4n) is 2.45. The molecule has 2 aromatic carbocycles. The molecule has 1 heterocycles. The largest absolute Gasteiger partial charge is 0.495 e. The van der Waals surface area contributed by atoms with E-state index in [2.05, 4.69) is 15.5 Å². The molecule has 1 amide bonds. The number of primary amides is 1. The molecule has 7 nitrogen and oxygen atoms in total. The van der Waals surface area contributed by atoms with E-state index < -0.39 is 5.91 Å². The number of thioether (sulfide) groups is 1.